The molecule has 1 aliphatic heterocycles. The summed E-state index contributed by atoms with van der Waals surface area (Å²) in [6, 6.07) is 29.3. The molecule has 2 N–H and O–H groups in total. The first kappa shape index (κ1) is 30.9. The molecule has 0 saturated heterocycles. The lowest BCUT2D eigenvalue weighted by atomic mass is 9.95. The van der Waals surface area contributed by atoms with E-state index in [0.717, 1.165) is 11.1 Å². The number of allylic oxidation sites excluding steroid dienone is 1. The molecule has 2 heterocycles. The van der Waals surface area contributed by atoms with Crippen molar-refractivity contribution in [2.75, 3.05) is 17.2 Å². The summed E-state index contributed by atoms with van der Waals surface area (Å²) in [5, 5.41) is 11.6. The Bertz CT molecular complexity index is 1890. The van der Waals surface area contributed by atoms with Crippen LogP contribution in [-0.4, -0.2) is 27.3 Å². The summed E-state index contributed by atoms with van der Waals surface area (Å²) in [5.74, 6) is 1.57. The standard InChI is InChI=1S/C36H34FN5O3S/c1-4-44-31-15-8-7-14-30(31)39-34(43)32-24(3)38-35-40-36(46-22-27-12-5-6-13-29(27)37)41-42(35)33(32)26-16-18-28(19-17-26)45-21-25-11-9-10-23(2)20-25/h5-20,33H,4,21-22H2,1-3H3,(H,39,43)(H,38,40,41). The normalized spacial score (nSPS) is 14.0. The van der Waals surface area contributed by atoms with Crippen molar-refractivity contribution in [2.24, 2.45) is 0 Å². The number of para-hydroxylation sites is 2. The maximum atomic E-state index is 14.3. The van der Waals surface area contributed by atoms with Gasteiger partial charge in [-0.05, 0) is 67.8 Å². The van der Waals surface area contributed by atoms with Crippen molar-refractivity contribution < 1.29 is 18.7 Å². The molecule has 0 radical (unpaired) electrons. The topological polar surface area (TPSA) is 90.3 Å². The van der Waals surface area contributed by atoms with Gasteiger partial charge >= 0.3 is 0 Å². The van der Waals surface area contributed by atoms with E-state index in [9.17, 15) is 9.18 Å². The van der Waals surface area contributed by atoms with Crippen molar-refractivity contribution in [2.45, 2.75) is 44.3 Å². The number of thioether (sulfide) groups is 1. The second kappa shape index (κ2) is 13.9. The highest BCUT2D eigenvalue weighted by Crippen LogP contribution is 2.38. The molecule has 1 aromatic heterocycles. The van der Waals surface area contributed by atoms with E-state index in [1.807, 2.05) is 74.5 Å². The van der Waals surface area contributed by atoms with Crippen LogP contribution in [0, 0.1) is 12.7 Å². The van der Waals surface area contributed by atoms with E-state index in [4.69, 9.17) is 19.6 Å². The summed E-state index contributed by atoms with van der Waals surface area (Å²) < 4.78 is 27.8. The third-order valence-electron chi connectivity index (χ3n) is 7.51. The van der Waals surface area contributed by atoms with E-state index in [-0.39, 0.29) is 11.7 Å². The number of halogens is 1. The molecule has 1 atom stereocenters. The number of anilines is 2. The SMILES string of the molecule is CCOc1ccccc1NC(=O)C1=C(C)Nc2nc(SCc3ccccc3F)nn2C1c1ccc(OCc2cccc(C)c2)cc1. The van der Waals surface area contributed by atoms with E-state index in [2.05, 4.69) is 29.7 Å². The number of rotatable bonds is 11. The molecule has 0 bridgehead atoms. The van der Waals surface area contributed by atoms with Crippen LogP contribution in [0.15, 0.2) is 113 Å². The number of hydrogen-bond donors (Lipinski definition) is 2. The van der Waals surface area contributed by atoms with Crippen LogP contribution in [0.3, 0.4) is 0 Å². The van der Waals surface area contributed by atoms with Gasteiger partial charge in [-0.25, -0.2) is 9.07 Å². The van der Waals surface area contributed by atoms with Crippen LogP contribution in [0.4, 0.5) is 16.0 Å². The Balaban J connectivity index is 1.31. The zero-order valence-corrected chi connectivity index (χ0v) is 26.6. The van der Waals surface area contributed by atoms with Gasteiger partial charge in [0.2, 0.25) is 11.1 Å². The average Bonchev–Trinajstić information content (AvgIpc) is 3.46. The first-order chi connectivity index (χ1) is 22.4. The maximum Gasteiger partial charge on any atom is 0.255 e. The number of carbonyl (C=O) groups is 1. The van der Waals surface area contributed by atoms with E-state index in [1.165, 1.54) is 23.4 Å². The Hall–Kier alpha value is -5.09. The lowest BCUT2D eigenvalue weighted by Gasteiger charge is -2.29. The fourth-order valence-corrected chi connectivity index (χ4v) is 6.12. The zero-order chi connectivity index (χ0) is 32.0. The van der Waals surface area contributed by atoms with Gasteiger partial charge in [0.1, 0.15) is 30.0 Å². The smallest absolute Gasteiger partial charge is 0.255 e. The monoisotopic (exact) mass is 635 g/mol. The van der Waals surface area contributed by atoms with Gasteiger partial charge in [0.15, 0.2) is 0 Å². The highest BCUT2D eigenvalue weighted by atomic mass is 32.2. The summed E-state index contributed by atoms with van der Waals surface area (Å²) in [6.07, 6.45) is 0. The summed E-state index contributed by atoms with van der Waals surface area (Å²) in [6.45, 7) is 6.70. The first-order valence-corrected chi connectivity index (χ1v) is 16.0. The zero-order valence-electron chi connectivity index (χ0n) is 25.8. The predicted molar refractivity (Wildman–Crippen MR) is 179 cm³/mol. The fourth-order valence-electron chi connectivity index (χ4n) is 5.31. The molecule has 0 fully saturated rings. The van der Waals surface area contributed by atoms with Crippen molar-refractivity contribution in [1.82, 2.24) is 14.8 Å². The number of hydrogen-bond acceptors (Lipinski definition) is 7. The van der Waals surface area contributed by atoms with Gasteiger partial charge in [-0.15, -0.1) is 5.10 Å². The van der Waals surface area contributed by atoms with Gasteiger partial charge in [0.25, 0.3) is 5.91 Å². The quantitative estimate of drug-likeness (QED) is 0.143. The summed E-state index contributed by atoms with van der Waals surface area (Å²) in [7, 11) is 0. The molecular formula is C36H34FN5O3S. The molecule has 1 amide bonds. The minimum absolute atomic E-state index is 0.275. The molecule has 1 aliphatic rings. The number of aryl methyl sites for hydroxylation is 1. The molecule has 0 spiro atoms. The molecule has 234 valence electrons. The number of aromatic nitrogens is 3. The Kier molecular flexibility index (Phi) is 9.35. The van der Waals surface area contributed by atoms with Crippen molar-refractivity contribution in [3.63, 3.8) is 0 Å². The van der Waals surface area contributed by atoms with Gasteiger partial charge < -0.3 is 20.1 Å². The van der Waals surface area contributed by atoms with Gasteiger partial charge in [-0.2, -0.15) is 4.98 Å². The number of amides is 1. The Morgan fingerprint density at radius 3 is 2.54 bits per heavy atom. The highest BCUT2D eigenvalue weighted by Gasteiger charge is 2.35. The van der Waals surface area contributed by atoms with Gasteiger partial charge in [-0.1, -0.05) is 84.1 Å². The van der Waals surface area contributed by atoms with Crippen LogP contribution < -0.4 is 20.1 Å². The minimum atomic E-state index is -0.600. The van der Waals surface area contributed by atoms with Crippen LogP contribution >= 0.6 is 11.8 Å². The van der Waals surface area contributed by atoms with Crippen LogP contribution in [-0.2, 0) is 17.2 Å². The molecular weight excluding hydrogens is 601 g/mol. The summed E-state index contributed by atoms with van der Waals surface area (Å²) in [5.41, 5.74) is 5.33. The minimum Gasteiger partial charge on any atom is -0.492 e. The molecule has 0 aliphatic carbocycles. The number of benzene rings is 4. The fraction of sp³-hybridized carbons (Fsp3) is 0.194. The maximum absolute atomic E-state index is 14.3. The second-order valence-corrected chi connectivity index (χ2v) is 11.8. The number of nitrogens with one attached hydrogen (secondary N) is 2. The van der Waals surface area contributed by atoms with Crippen molar-refractivity contribution >= 4 is 29.3 Å². The second-order valence-electron chi connectivity index (χ2n) is 10.8. The number of nitrogens with zero attached hydrogens (tertiary/aromatic N) is 3. The lowest BCUT2D eigenvalue weighted by Crippen LogP contribution is -2.31. The van der Waals surface area contributed by atoms with E-state index in [0.29, 0.717) is 64.1 Å². The van der Waals surface area contributed by atoms with Gasteiger partial charge in [0.05, 0.1) is 17.9 Å². The highest BCUT2D eigenvalue weighted by molar-refractivity contribution is 7.98. The van der Waals surface area contributed by atoms with Gasteiger partial charge in [0, 0.05) is 11.4 Å². The first-order valence-electron chi connectivity index (χ1n) is 15.0. The largest absolute Gasteiger partial charge is 0.492 e. The van der Waals surface area contributed by atoms with E-state index >= 15 is 0 Å². The predicted octanol–water partition coefficient (Wildman–Crippen LogP) is 7.92. The molecule has 1 unspecified atom stereocenters. The third kappa shape index (κ3) is 6.92. The van der Waals surface area contributed by atoms with E-state index in [1.54, 1.807) is 22.9 Å². The Morgan fingerprint density at radius 2 is 1.76 bits per heavy atom. The third-order valence-corrected chi connectivity index (χ3v) is 8.40. The number of ether oxygens (including phenoxy) is 2. The van der Waals surface area contributed by atoms with Crippen molar-refractivity contribution in [3.8, 4) is 11.5 Å². The van der Waals surface area contributed by atoms with Crippen LogP contribution in [0.5, 0.6) is 11.5 Å². The summed E-state index contributed by atoms with van der Waals surface area (Å²) in [4.78, 5) is 18.7. The van der Waals surface area contributed by atoms with Crippen molar-refractivity contribution in [1.29, 1.82) is 0 Å². The van der Waals surface area contributed by atoms with E-state index < -0.39 is 6.04 Å². The summed E-state index contributed by atoms with van der Waals surface area (Å²) >= 11 is 1.33. The molecule has 6 rings (SSSR count). The molecule has 46 heavy (non-hydrogen) atoms. The lowest BCUT2D eigenvalue weighted by molar-refractivity contribution is -0.113. The number of fused-ring (bicyclic) bond motifs is 1. The van der Waals surface area contributed by atoms with Crippen LogP contribution in [0.25, 0.3) is 0 Å². The molecule has 8 nitrogen and oxygen atoms in total. The van der Waals surface area contributed by atoms with Gasteiger partial charge in [-0.3, -0.25) is 4.79 Å². The Labute approximate surface area is 271 Å². The molecule has 0 saturated carbocycles. The Morgan fingerprint density at radius 1 is 0.978 bits per heavy atom. The molecule has 10 heteroatoms. The number of carbonyl (C=O) groups excluding carboxylic acids is 1. The average molecular weight is 636 g/mol. The van der Waals surface area contributed by atoms with Crippen molar-refractivity contribution in [3.05, 3.63) is 136 Å². The van der Waals surface area contributed by atoms with Crippen LogP contribution in [0.1, 0.15) is 42.1 Å². The molecule has 4 aromatic carbocycles. The molecule has 5 aromatic rings. The van der Waals surface area contributed by atoms with Crippen LogP contribution in [0.2, 0.25) is 0 Å².